The van der Waals surface area contributed by atoms with E-state index >= 15 is 0 Å². The zero-order valence-electron chi connectivity index (χ0n) is 18.6. The molecule has 2 heterocycles. The summed E-state index contributed by atoms with van der Waals surface area (Å²) in [7, 11) is 0. The zero-order valence-corrected chi connectivity index (χ0v) is 18.6. The number of carbonyl (C=O) groups is 2. The lowest BCUT2D eigenvalue weighted by atomic mass is 9.87. The van der Waals surface area contributed by atoms with Gasteiger partial charge in [0.05, 0.1) is 13.2 Å². The second kappa shape index (κ2) is 8.37. The molecule has 1 amide bonds. The summed E-state index contributed by atoms with van der Waals surface area (Å²) in [6.45, 7) is 4.74. The minimum absolute atomic E-state index is 0.0216. The minimum atomic E-state index is -1.26. The van der Waals surface area contributed by atoms with Crippen LogP contribution in [0.3, 0.4) is 0 Å². The van der Waals surface area contributed by atoms with E-state index in [1.807, 2.05) is 55.5 Å². The molecule has 1 unspecified atom stereocenters. The number of para-hydroxylation sites is 1. The lowest BCUT2D eigenvalue weighted by Gasteiger charge is -2.25. The van der Waals surface area contributed by atoms with Gasteiger partial charge in [0.1, 0.15) is 12.4 Å². The predicted molar refractivity (Wildman–Crippen MR) is 124 cm³/mol. The van der Waals surface area contributed by atoms with Gasteiger partial charge in [-0.3, -0.25) is 4.79 Å². The van der Waals surface area contributed by atoms with Crippen LogP contribution in [0, 0.1) is 6.92 Å². The van der Waals surface area contributed by atoms with Gasteiger partial charge < -0.3 is 19.5 Å². The van der Waals surface area contributed by atoms with Crippen LogP contribution in [0.25, 0.3) is 11.1 Å². The smallest absolute Gasteiger partial charge is 0.335 e. The molecule has 0 aromatic heterocycles. The average Bonchev–Trinajstić information content (AvgIpc) is 3.13. The van der Waals surface area contributed by atoms with Crippen molar-refractivity contribution in [2.24, 2.45) is 0 Å². The fourth-order valence-electron chi connectivity index (χ4n) is 4.67. The Hall–Kier alpha value is -3.64. The number of hydrogen-bond acceptors (Lipinski definition) is 5. The monoisotopic (exact) mass is 443 g/mol. The molecule has 6 heteroatoms. The number of anilines is 1. The number of ether oxygens (including phenoxy) is 2. The van der Waals surface area contributed by atoms with Gasteiger partial charge in [-0.25, -0.2) is 4.79 Å². The van der Waals surface area contributed by atoms with Crippen molar-refractivity contribution < 1.29 is 24.2 Å². The lowest BCUT2D eigenvalue weighted by Crippen LogP contribution is -2.26. The first-order chi connectivity index (χ1) is 16.0. The van der Waals surface area contributed by atoms with Crippen LogP contribution in [0.5, 0.6) is 5.75 Å². The van der Waals surface area contributed by atoms with Crippen molar-refractivity contribution in [3.63, 3.8) is 0 Å². The SMILES string of the molecule is CCOC(=O)C(O)Cc1cc(C)cc2c1-c1cc3c(cc1CO2)C(=O)N(c1ccccc1)C3. The predicted octanol–water partition coefficient (Wildman–Crippen LogP) is 4.18. The second-order valence-corrected chi connectivity index (χ2v) is 8.45. The van der Waals surface area contributed by atoms with Gasteiger partial charge in [0.25, 0.3) is 5.91 Å². The van der Waals surface area contributed by atoms with Crippen molar-refractivity contribution in [3.8, 4) is 16.9 Å². The summed E-state index contributed by atoms with van der Waals surface area (Å²) in [5, 5.41) is 10.4. The Morgan fingerprint density at radius 1 is 1.12 bits per heavy atom. The van der Waals surface area contributed by atoms with E-state index in [1.54, 1.807) is 11.8 Å². The summed E-state index contributed by atoms with van der Waals surface area (Å²) < 4.78 is 11.0. The highest BCUT2D eigenvalue weighted by molar-refractivity contribution is 6.10. The maximum atomic E-state index is 13.1. The van der Waals surface area contributed by atoms with Gasteiger partial charge >= 0.3 is 5.97 Å². The molecule has 3 aromatic rings. The average molecular weight is 443 g/mol. The largest absolute Gasteiger partial charge is 0.488 e. The van der Waals surface area contributed by atoms with Crippen LogP contribution in [0.4, 0.5) is 5.69 Å². The summed E-state index contributed by atoms with van der Waals surface area (Å²) in [5.74, 6) is 0.0622. The van der Waals surface area contributed by atoms with Crippen molar-refractivity contribution in [1.82, 2.24) is 0 Å². The molecule has 33 heavy (non-hydrogen) atoms. The molecule has 2 aliphatic heterocycles. The number of aryl methyl sites for hydroxylation is 1. The number of rotatable bonds is 5. The van der Waals surface area contributed by atoms with Crippen molar-refractivity contribution in [1.29, 1.82) is 0 Å². The third-order valence-electron chi connectivity index (χ3n) is 6.15. The van der Waals surface area contributed by atoms with Crippen LogP contribution in [0.1, 0.15) is 39.5 Å². The summed E-state index contributed by atoms with van der Waals surface area (Å²) in [5.41, 5.74) is 7.05. The third-order valence-corrected chi connectivity index (χ3v) is 6.15. The molecule has 1 N–H and O–H groups in total. The van der Waals surface area contributed by atoms with E-state index in [9.17, 15) is 14.7 Å². The van der Waals surface area contributed by atoms with Gasteiger partial charge in [-0.1, -0.05) is 24.3 Å². The first-order valence-corrected chi connectivity index (χ1v) is 11.1. The normalized spacial score (nSPS) is 14.8. The number of hydrogen-bond donors (Lipinski definition) is 1. The molecule has 2 aliphatic rings. The van der Waals surface area contributed by atoms with E-state index in [0.29, 0.717) is 18.7 Å². The molecule has 1 atom stereocenters. The van der Waals surface area contributed by atoms with E-state index < -0.39 is 12.1 Å². The molecular formula is C27H25NO5. The highest BCUT2D eigenvalue weighted by Crippen LogP contribution is 2.44. The minimum Gasteiger partial charge on any atom is -0.488 e. The molecule has 3 aromatic carbocycles. The molecule has 6 nitrogen and oxygen atoms in total. The maximum absolute atomic E-state index is 13.1. The van der Waals surface area contributed by atoms with E-state index in [-0.39, 0.29) is 18.9 Å². The van der Waals surface area contributed by atoms with Crippen molar-refractivity contribution in [2.45, 2.75) is 39.5 Å². The van der Waals surface area contributed by atoms with E-state index in [4.69, 9.17) is 9.47 Å². The first-order valence-electron chi connectivity index (χ1n) is 11.1. The highest BCUT2D eigenvalue weighted by Gasteiger charge is 2.32. The van der Waals surface area contributed by atoms with Gasteiger partial charge in [0, 0.05) is 23.2 Å². The number of aliphatic hydroxyl groups excluding tert-OH is 1. The molecule has 0 aliphatic carbocycles. The number of esters is 1. The number of fused-ring (bicyclic) bond motifs is 4. The zero-order chi connectivity index (χ0) is 23.1. The molecule has 168 valence electrons. The Balaban J connectivity index is 1.56. The fraction of sp³-hybridized carbons (Fsp3) is 0.259. The van der Waals surface area contributed by atoms with Crippen LogP contribution in [0.15, 0.2) is 54.6 Å². The molecule has 0 fully saturated rings. The van der Waals surface area contributed by atoms with Crippen LogP contribution in [0.2, 0.25) is 0 Å². The van der Waals surface area contributed by atoms with Crippen LogP contribution >= 0.6 is 0 Å². The topological polar surface area (TPSA) is 76.1 Å². The molecule has 0 saturated heterocycles. The van der Waals surface area contributed by atoms with Crippen LogP contribution < -0.4 is 9.64 Å². The van der Waals surface area contributed by atoms with E-state index in [2.05, 4.69) is 6.07 Å². The van der Waals surface area contributed by atoms with Gasteiger partial charge in [-0.05, 0) is 72.0 Å². The van der Waals surface area contributed by atoms with Gasteiger partial charge in [-0.15, -0.1) is 0 Å². The number of nitrogens with zero attached hydrogens (tertiary/aromatic N) is 1. The molecule has 0 spiro atoms. The van der Waals surface area contributed by atoms with Crippen molar-refractivity contribution in [3.05, 3.63) is 82.4 Å². The Morgan fingerprint density at radius 2 is 1.88 bits per heavy atom. The van der Waals surface area contributed by atoms with Crippen molar-refractivity contribution >= 4 is 17.6 Å². The quantitative estimate of drug-likeness (QED) is 0.599. The maximum Gasteiger partial charge on any atom is 0.335 e. The molecule has 0 bridgehead atoms. The fourth-order valence-corrected chi connectivity index (χ4v) is 4.67. The van der Waals surface area contributed by atoms with E-state index in [1.165, 1.54) is 0 Å². The van der Waals surface area contributed by atoms with Crippen LogP contribution in [-0.4, -0.2) is 29.7 Å². The second-order valence-electron chi connectivity index (χ2n) is 8.45. The summed E-state index contributed by atoms with van der Waals surface area (Å²) in [6.07, 6.45) is -1.14. The first kappa shape index (κ1) is 21.2. The Bertz CT molecular complexity index is 1250. The van der Waals surface area contributed by atoms with Gasteiger partial charge in [-0.2, -0.15) is 0 Å². The van der Waals surface area contributed by atoms with Crippen molar-refractivity contribution in [2.75, 3.05) is 11.5 Å². The molecule has 0 radical (unpaired) electrons. The summed E-state index contributed by atoms with van der Waals surface area (Å²) in [6, 6.07) is 17.5. The highest BCUT2D eigenvalue weighted by atomic mass is 16.5. The summed E-state index contributed by atoms with van der Waals surface area (Å²) >= 11 is 0. The Morgan fingerprint density at radius 3 is 2.64 bits per heavy atom. The van der Waals surface area contributed by atoms with Gasteiger partial charge in [0.15, 0.2) is 6.10 Å². The Labute approximate surface area is 192 Å². The lowest BCUT2D eigenvalue weighted by molar-refractivity contribution is -0.152. The summed E-state index contributed by atoms with van der Waals surface area (Å²) in [4.78, 5) is 27.0. The molecule has 0 saturated carbocycles. The Kier molecular flexibility index (Phi) is 5.38. The molecule has 5 rings (SSSR count). The van der Waals surface area contributed by atoms with Crippen LogP contribution in [-0.2, 0) is 29.1 Å². The standard InChI is InChI=1S/C27H25NO5/c1-3-32-27(31)23(29)13-17-9-16(2)10-24-25(17)21-11-18-14-28(20-7-5-4-6-8-20)26(30)22(18)12-19(21)15-33-24/h4-12,23,29H,3,13-15H2,1-2H3. The van der Waals surface area contributed by atoms with Gasteiger partial charge in [0.2, 0.25) is 0 Å². The third kappa shape index (κ3) is 3.76. The number of amides is 1. The number of carbonyl (C=O) groups excluding carboxylic acids is 2. The molecular weight excluding hydrogens is 418 g/mol. The van der Waals surface area contributed by atoms with E-state index in [0.717, 1.165) is 44.8 Å². The number of aliphatic hydroxyl groups is 1. The number of benzene rings is 3.